The van der Waals surface area contributed by atoms with Crippen molar-refractivity contribution in [1.82, 2.24) is 15.2 Å². The van der Waals surface area contributed by atoms with Crippen LogP contribution in [0.5, 0.6) is 5.75 Å². The van der Waals surface area contributed by atoms with Gasteiger partial charge in [-0.3, -0.25) is 4.90 Å². The average molecular weight is 301 g/mol. The Morgan fingerprint density at radius 1 is 1.36 bits per heavy atom. The van der Waals surface area contributed by atoms with Crippen LogP contribution in [0.25, 0.3) is 11.3 Å². The van der Waals surface area contributed by atoms with Crippen LogP contribution >= 0.6 is 0 Å². The Labute approximate surface area is 131 Å². The predicted molar refractivity (Wildman–Crippen MR) is 85.8 cm³/mol. The molecule has 1 atom stereocenters. The number of ether oxygens (including phenoxy) is 1. The lowest BCUT2D eigenvalue weighted by molar-refractivity contribution is 0.173. The van der Waals surface area contributed by atoms with Gasteiger partial charge in [0.25, 0.3) is 0 Å². The molecule has 1 aliphatic rings. The van der Waals surface area contributed by atoms with Crippen LogP contribution in [-0.4, -0.2) is 43.2 Å². The summed E-state index contributed by atoms with van der Waals surface area (Å²) in [6.45, 7) is 2.93. The maximum absolute atomic E-state index is 5.90. The summed E-state index contributed by atoms with van der Waals surface area (Å²) < 4.78 is 11.1. The fourth-order valence-electron chi connectivity index (χ4n) is 2.90. The van der Waals surface area contributed by atoms with E-state index in [9.17, 15) is 0 Å². The maximum atomic E-state index is 5.90. The van der Waals surface area contributed by atoms with E-state index in [0.717, 1.165) is 42.6 Å². The van der Waals surface area contributed by atoms with E-state index >= 15 is 0 Å². The Balaban J connectivity index is 1.65. The topological polar surface area (TPSA) is 50.5 Å². The highest BCUT2D eigenvalue weighted by Crippen LogP contribution is 2.24. The van der Waals surface area contributed by atoms with E-state index in [1.807, 2.05) is 31.3 Å². The molecular weight excluding hydrogens is 278 g/mol. The number of likely N-dealkylation sites (tertiary alicyclic amines) is 1. The van der Waals surface area contributed by atoms with Crippen molar-refractivity contribution in [2.24, 2.45) is 0 Å². The number of rotatable bonds is 5. The second-order valence-corrected chi connectivity index (χ2v) is 5.71. The molecule has 1 unspecified atom stereocenters. The first-order chi connectivity index (χ1) is 10.8. The van der Waals surface area contributed by atoms with Gasteiger partial charge in [0.05, 0.1) is 19.9 Å². The number of piperidine rings is 1. The fourth-order valence-corrected chi connectivity index (χ4v) is 2.90. The van der Waals surface area contributed by atoms with Crippen molar-refractivity contribution in [2.45, 2.75) is 25.4 Å². The molecule has 2 aromatic rings. The zero-order valence-corrected chi connectivity index (χ0v) is 13.2. The second kappa shape index (κ2) is 6.94. The molecule has 1 aromatic heterocycles. The average Bonchev–Trinajstić information content (AvgIpc) is 3.03. The fraction of sp³-hybridized carbons (Fsp3) is 0.471. The van der Waals surface area contributed by atoms with Crippen LogP contribution in [0.1, 0.15) is 18.7 Å². The van der Waals surface area contributed by atoms with E-state index in [1.54, 1.807) is 13.3 Å². The number of hydrogen-bond acceptors (Lipinski definition) is 5. The summed E-state index contributed by atoms with van der Waals surface area (Å²) >= 11 is 0. The van der Waals surface area contributed by atoms with Gasteiger partial charge in [-0.05, 0) is 50.7 Å². The maximum Gasteiger partial charge on any atom is 0.209 e. The molecule has 0 aliphatic carbocycles. The van der Waals surface area contributed by atoms with Crippen LogP contribution in [0.2, 0.25) is 0 Å². The van der Waals surface area contributed by atoms with Crippen LogP contribution in [0, 0.1) is 0 Å². The molecule has 0 spiro atoms. The highest BCUT2D eigenvalue weighted by molar-refractivity contribution is 5.57. The largest absolute Gasteiger partial charge is 0.497 e. The first-order valence-electron chi connectivity index (χ1n) is 7.77. The molecule has 0 saturated carbocycles. The molecule has 2 heterocycles. The van der Waals surface area contributed by atoms with Crippen LogP contribution in [0.3, 0.4) is 0 Å². The molecule has 1 aromatic carbocycles. The van der Waals surface area contributed by atoms with Crippen LogP contribution < -0.4 is 10.1 Å². The quantitative estimate of drug-likeness (QED) is 0.919. The number of benzene rings is 1. The highest BCUT2D eigenvalue weighted by atomic mass is 16.5. The van der Waals surface area contributed by atoms with Crippen molar-refractivity contribution in [3.05, 3.63) is 36.4 Å². The van der Waals surface area contributed by atoms with Gasteiger partial charge in [0.2, 0.25) is 5.89 Å². The van der Waals surface area contributed by atoms with Gasteiger partial charge in [-0.25, -0.2) is 4.98 Å². The van der Waals surface area contributed by atoms with Crippen molar-refractivity contribution in [3.63, 3.8) is 0 Å². The smallest absolute Gasteiger partial charge is 0.209 e. The third-order valence-electron chi connectivity index (χ3n) is 4.20. The summed E-state index contributed by atoms with van der Waals surface area (Å²) in [4.78, 5) is 6.82. The van der Waals surface area contributed by atoms with E-state index in [4.69, 9.17) is 9.15 Å². The van der Waals surface area contributed by atoms with Crippen LogP contribution in [0.15, 0.2) is 34.9 Å². The molecule has 22 heavy (non-hydrogen) atoms. The molecule has 0 amide bonds. The summed E-state index contributed by atoms with van der Waals surface area (Å²) in [5.41, 5.74) is 1.02. The van der Waals surface area contributed by atoms with E-state index in [2.05, 4.69) is 15.2 Å². The van der Waals surface area contributed by atoms with Crippen molar-refractivity contribution in [3.8, 4) is 17.1 Å². The Hall–Kier alpha value is -1.85. The molecule has 118 valence electrons. The van der Waals surface area contributed by atoms with Gasteiger partial charge < -0.3 is 14.5 Å². The summed E-state index contributed by atoms with van der Waals surface area (Å²) in [5, 5.41) is 3.36. The van der Waals surface area contributed by atoms with Crippen LogP contribution in [0.4, 0.5) is 0 Å². The van der Waals surface area contributed by atoms with Crippen molar-refractivity contribution < 1.29 is 9.15 Å². The van der Waals surface area contributed by atoms with E-state index < -0.39 is 0 Å². The summed E-state index contributed by atoms with van der Waals surface area (Å²) in [5.74, 6) is 2.43. The molecule has 3 rings (SSSR count). The molecule has 1 aliphatic heterocycles. The van der Waals surface area contributed by atoms with E-state index in [-0.39, 0.29) is 0 Å². The standard InChI is InChI=1S/C17H23N3O2/c1-18-14-4-3-9-20(11-14)12-17-19-10-16(22-17)13-5-7-15(21-2)8-6-13/h5-8,10,14,18H,3-4,9,11-12H2,1-2H3. The minimum atomic E-state index is 0.574. The zero-order chi connectivity index (χ0) is 15.4. The first-order valence-corrected chi connectivity index (χ1v) is 7.77. The summed E-state index contributed by atoms with van der Waals surface area (Å²) in [6, 6.07) is 8.41. The number of nitrogens with one attached hydrogen (secondary N) is 1. The molecule has 0 bridgehead atoms. The van der Waals surface area contributed by atoms with Gasteiger partial charge >= 0.3 is 0 Å². The highest BCUT2D eigenvalue weighted by Gasteiger charge is 2.20. The molecule has 0 radical (unpaired) electrons. The minimum Gasteiger partial charge on any atom is -0.497 e. The minimum absolute atomic E-state index is 0.574. The third kappa shape index (κ3) is 3.48. The molecule has 1 N–H and O–H groups in total. The van der Waals surface area contributed by atoms with Crippen molar-refractivity contribution in [2.75, 3.05) is 27.2 Å². The zero-order valence-electron chi connectivity index (χ0n) is 13.2. The first kappa shape index (κ1) is 15.1. The number of nitrogens with zero attached hydrogens (tertiary/aromatic N) is 2. The molecule has 5 heteroatoms. The molecule has 5 nitrogen and oxygen atoms in total. The Bertz CT molecular complexity index is 594. The van der Waals surface area contributed by atoms with Crippen LogP contribution in [-0.2, 0) is 6.54 Å². The summed E-state index contributed by atoms with van der Waals surface area (Å²) in [6.07, 6.45) is 4.27. The molecule has 1 saturated heterocycles. The summed E-state index contributed by atoms with van der Waals surface area (Å²) in [7, 11) is 3.69. The number of aromatic nitrogens is 1. The Morgan fingerprint density at radius 3 is 2.91 bits per heavy atom. The number of hydrogen-bond donors (Lipinski definition) is 1. The van der Waals surface area contributed by atoms with E-state index in [0.29, 0.717) is 6.04 Å². The van der Waals surface area contributed by atoms with Gasteiger partial charge in [-0.1, -0.05) is 0 Å². The SMILES string of the molecule is CNC1CCCN(Cc2ncc(-c3ccc(OC)cc3)o2)C1. The lowest BCUT2D eigenvalue weighted by atomic mass is 10.1. The number of likely N-dealkylation sites (N-methyl/N-ethyl adjacent to an activating group) is 1. The second-order valence-electron chi connectivity index (χ2n) is 5.71. The van der Waals surface area contributed by atoms with E-state index in [1.165, 1.54) is 12.8 Å². The van der Waals surface area contributed by atoms with Gasteiger partial charge in [-0.15, -0.1) is 0 Å². The third-order valence-corrected chi connectivity index (χ3v) is 4.20. The molecule has 1 fully saturated rings. The van der Waals surface area contributed by atoms with Crippen molar-refractivity contribution >= 4 is 0 Å². The Kier molecular flexibility index (Phi) is 4.75. The van der Waals surface area contributed by atoms with Gasteiger partial charge in [0.1, 0.15) is 5.75 Å². The monoisotopic (exact) mass is 301 g/mol. The van der Waals surface area contributed by atoms with Gasteiger partial charge in [-0.2, -0.15) is 0 Å². The van der Waals surface area contributed by atoms with Gasteiger partial charge in [0.15, 0.2) is 5.76 Å². The normalized spacial score (nSPS) is 19.3. The number of methoxy groups -OCH3 is 1. The Morgan fingerprint density at radius 2 is 2.18 bits per heavy atom. The van der Waals surface area contributed by atoms with Gasteiger partial charge in [0, 0.05) is 18.2 Å². The lowest BCUT2D eigenvalue weighted by Crippen LogP contribution is -2.43. The van der Waals surface area contributed by atoms with Crippen molar-refractivity contribution in [1.29, 1.82) is 0 Å². The molecular formula is C17H23N3O2. The lowest BCUT2D eigenvalue weighted by Gasteiger charge is -2.31. The number of oxazole rings is 1. The predicted octanol–water partition coefficient (Wildman–Crippen LogP) is 2.53.